The number of aromatic nitrogens is 2. The van der Waals surface area contributed by atoms with Gasteiger partial charge in [0.2, 0.25) is 0 Å². The van der Waals surface area contributed by atoms with Gasteiger partial charge >= 0.3 is 0 Å². The maximum Gasteiger partial charge on any atom is 0.269 e. The summed E-state index contributed by atoms with van der Waals surface area (Å²) in [6.07, 6.45) is 1.47. The van der Waals surface area contributed by atoms with Crippen molar-refractivity contribution in [1.29, 1.82) is 0 Å². The molecule has 2 aromatic rings. The number of hydrogen-bond donors (Lipinski definition) is 2. The van der Waals surface area contributed by atoms with Gasteiger partial charge in [0, 0.05) is 18.0 Å². The fraction of sp³-hybridized carbons (Fsp3) is 0.429. The molecule has 0 spiro atoms. The largest absolute Gasteiger partial charge is 0.379 e. The monoisotopic (exact) mass is 370 g/mol. The van der Waals surface area contributed by atoms with Gasteiger partial charge < -0.3 is 15.0 Å². The van der Waals surface area contributed by atoms with Crippen molar-refractivity contribution >= 4 is 27.3 Å². The van der Waals surface area contributed by atoms with Crippen LogP contribution in [0.1, 0.15) is 21.2 Å². The molecule has 0 saturated carbocycles. The van der Waals surface area contributed by atoms with Crippen LogP contribution in [0.5, 0.6) is 0 Å². The summed E-state index contributed by atoms with van der Waals surface area (Å²) in [6, 6.07) is 3.30. The van der Waals surface area contributed by atoms with E-state index in [4.69, 9.17) is 4.74 Å². The maximum atomic E-state index is 12.5. The van der Waals surface area contributed by atoms with E-state index in [0.29, 0.717) is 37.8 Å². The van der Waals surface area contributed by atoms with Crippen LogP contribution in [0.15, 0.2) is 22.5 Å². The van der Waals surface area contributed by atoms with Gasteiger partial charge in [0.05, 0.1) is 26.0 Å². The molecule has 3 heterocycles. The maximum absolute atomic E-state index is 12.5. The second-order valence-corrected chi connectivity index (χ2v) is 8.64. The molecule has 0 radical (unpaired) electrons. The van der Waals surface area contributed by atoms with E-state index in [1.165, 1.54) is 10.5 Å². The normalized spacial score (nSPS) is 16.2. The Morgan fingerprint density at radius 3 is 2.83 bits per heavy atom. The number of hydrogen-bond acceptors (Lipinski definition) is 6. The minimum absolute atomic E-state index is 0.264. The summed E-state index contributed by atoms with van der Waals surface area (Å²) in [4.78, 5) is 19.6. The number of nitrogens with one attached hydrogen (secondary N) is 2. The van der Waals surface area contributed by atoms with E-state index in [1.54, 1.807) is 19.1 Å². The van der Waals surface area contributed by atoms with Crippen LogP contribution in [-0.4, -0.2) is 54.9 Å². The van der Waals surface area contributed by atoms with Gasteiger partial charge in [-0.05, 0) is 19.1 Å². The topological polar surface area (TPSA) is 104 Å². The second-order valence-electron chi connectivity index (χ2n) is 5.30. The van der Waals surface area contributed by atoms with Gasteiger partial charge in [0.25, 0.3) is 15.9 Å². The summed E-state index contributed by atoms with van der Waals surface area (Å²) in [5.74, 6) is 0.386. The van der Waals surface area contributed by atoms with Crippen LogP contribution in [0.25, 0.3) is 0 Å². The van der Waals surface area contributed by atoms with E-state index >= 15 is 0 Å². The van der Waals surface area contributed by atoms with Crippen LogP contribution in [0.2, 0.25) is 0 Å². The molecule has 0 bridgehead atoms. The zero-order valence-corrected chi connectivity index (χ0v) is 14.7. The fourth-order valence-corrected chi connectivity index (χ4v) is 5.16. The van der Waals surface area contributed by atoms with Gasteiger partial charge in [-0.25, -0.2) is 13.4 Å². The smallest absolute Gasteiger partial charge is 0.269 e. The lowest BCUT2D eigenvalue weighted by molar-refractivity contribution is 0.0731. The molecular weight excluding hydrogens is 352 g/mol. The average molecular weight is 370 g/mol. The highest BCUT2D eigenvalue weighted by atomic mass is 32.2. The number of amides is 1. The third kappa shape index (κ3) is 3.66. The molecule has 0 aliphatic carbocycles. The molecule has 1 fully saturated rings. The van der Waals surface area contributed by atoms with Crippen molar-refractivity contribution in [2.24, 2.45) is 0 Å². The Morgan fingerprint density at radius 1 is 1.42 bits per heavy atom. The molecule has 3 rings (SSSR count). The standard InChI is InChI=1S/C14H18N4O4S2/c1-10-15-9-12(17-10)14(19)16-8-11-2-3-13(23-11)24(20,21)18-4-6-22-7-5-18/h2-3,9H,4-8H2,1H3,(H,15,17)(H,16,19). The van der Waals surface area contributed by atoms with Crippen LogP contribution >= 0.6 is 11.3 Å². The lowest BCUT2D eigenvalue weighted by Gasteiger charge is -2.25. The van der Waals surface area contributed by atoms with E-state index in [0.717, 1.165) is 16.2 Å². The van der Waals surface area contributed by atoms with E-state index in [9.17, 15) is 13.2 Å². The Bertz CT molecular complexity index is 821. The number of sulfonamides is 1. The number of aryl methyl sites for hydroxylation is 1. The molecule has 1 saturated heterocycles. The van der Waals surface area contributed by atoms with Crippen molar-refractivity contribution in [1.82, 2.24) is 19.6 Å². The van der Waals surface area contributed by atoms with Gasteiger partial charge in [0.1, 0.15) is 15.7 Å². The van der Waals surface area contributed by atoms with E-state index in [2.05, 4.69) is 15.3 Å². The van der Waals surface area contributed by atoms with Crippen molar-refractivity contribution < 1.29 is 17.9 Å². The van der Waals surface area contributed by atoms with Gasteiger partial charge in [-0.3, -0.25) is 4.79 Å². The summed E-state index contributed by atoms with van der Waals surface area (Å²) < 4.78 is 32.0. The lowest BCUT2D eigenvalue weighted by atomic mass is 10.4. The highest BCUT2D eigenvalue weighted by Gasteiger charge is 2.27. The zero-order valence-electron chi connectivity index (χ0n) is 13.1. The number of carbonyl (C=O) groups is 1. The molecule has 0 aromatic carbocycles. The predicted molar refractivity (Wildman–Crippen MR) is 88.4 cm³/mol. The number of ether oxygens (including phenoxy) is 1. The number of morpholine rings is 1. The molecule has 2 aromatic heterocycles. The first-order valence-electron chi connectivity index (χ1n) is 7.43. The number of aromatic amines is 1. The summed E-state index contributed by atoms with van der Waals surface area (Å²) in [7, 11) is -3.49. The van der Waals surface area contributed by atoms with E-state index < -0.39 is 10.0 Å². The van der Waals surface area contributed by atoms with Gasteiger partial charge in [-0.1, -0.05) is 0 Å². The van der Waals surface area contributed by atoms with Gasteiger partial charge in [-0.2, -0.15) is 4.31 Å². The number of H-pyrrole nitrogens is 1. The van der Waals surface area contributed by atoms with Crippen LogP contribution in [0, 0.1) is 6.92 Å². The molecule has 0 atom stereocenters. The number of carbonyl (C=O) groups excluding carboxylic acids is 1. The Kier molecular flexibility index (Phi) is 4.99. The first-order valence-corrected chi connectivity index (χ1v) is 9.69. The van der Waals surface area contributed by atoms with Crippen LogP contribution in [-0.2, 0) is 21.3 Å². The molecule has 8 nitrogen and oxygen atoms in total. The van der Waals surface area contributed by atoms with Gasteiger partial charge in [-0.15, -0.1) is 11.3 Å². The summed E-state index contributed by atoms with van der Waals surface area (Å²) in [5, 5.41) is 2.74. The molecule has 0 unspecified atom stereocenters. The van der Waals surface area contributed by atoms with Crippen LogP contribution in [0.4, 0.5) is 0 Å². The minimum atomic E-state index is -3.49. The summed E-state index contributed by atoms with van der Waals surface area (Å²) in [5.41, 5.74) is 0.380. The van der Waals surface area contributed by atoms with Crippen molar-refractivity contribution in [3.8, 4) is 0 Å². The second kappa shape index (κ2) is 7.01. The Balaban J connectivity index is 1.64. The number of nitrogens with zero attached hydrogens (tertiary/aromatic N) is 2. The summed E-state index contributed by atoms with van der Waals surface area (Å²) >= 11 is 1.16. The van der Waals surface area contributed by atoms with Crippen LogP contribution < -0.4 is 5.32 Å². The number of rotatable bonds is 5. The first kappa shape index (κ1) is 17.1. The SMILES string of the molecule is Cc1ncc(C(=O)NCc2ccc(S(=O)(=O)N3CCOCC3)s2)[nH]1. The number of imidazole rings is 1. The third-order valence-electron chi connectivity index (χ3n) is 3.57. The lowest BCUT2D eigenvalue weighted by Crippen LogP contribution is -2.40. The van der Waals surface area contributed by atoms with Crippen molar-refractivity contribution in [3.63, 3.8) is 0 Å². The average Bonchev–Trinajstić information content (AvgIpc) is 3.23. The molecule has 24 heavy (non-hydrogen) atoms. The van der Waals surface area contributed by atoms with Gasteiger partial charge in [0.15, 0.2) is 0 Å². The molecule has 1 aliphatic heterocycles. The minimum Gasteiger partial charge on any atom is -0.379 e. The molecule has 2 N–H and O–H groups in total. The quantitative estimate of drug-likeness (QED) is 0.807. The number of thiophene rings is 1. The molecular formula is C14H18N4O4S2. The third-order valence-corrected chi connectivity index (χ3v) is 7.02. The Labute approximate surface area is 143 Å². The van der Waals surface area contributed by atoms with E-state index in [1.807, 2.05) is 0 Å². The fourth-order valence-electron chi connectivity index (χ4n) is 2.30. The molecule has 10 heteroatoms. The molecule has 130 valence electrons. The van der Waals surface area contributed by atoms with Crippen molar-refractivity contribution in [2.45, 2.75) is 17.7 Å². The summed E-state index contributed by atoms with van der Waals surface area (Å²) in [6.45, 7) is 3.59. The zero-order chi connectivity index (χ0) is 17.2. The Hall–Kier alpha value is -1.75. The first-order chi connectivity index (χ1) is 11.5. The molecule has 1 aliphatic rings. The van der Waals surface area contributed by atoms with E-state index in [-0.39, 0.29) is 16.7 Å². The predicted octanol–water partition coefficient (Wildman–Crippen LogP) is 0.731. The van der Waals surface area contributed by atoms with Crippen molar-refractivity contribution in [2.75, 3.05) is 26.3 Å². The Morgan fingerprint density at radius 2 is 2.17 bits per heavy atom. The highest BCUT2D eigenvalue weighted by molar-refractivity contribution is 7.91. The highest BCUT2D eigenvalue weighted by Crippen LogP contribution is 2.25. The van der Waals surface area contributed by atoms with Crippen molar-refractivity contribution in [3.05, 3.63) is 34.7 Å². The molecule has 1 amide bonds. The van der Waals surface area contributed by atoms with Crippen LogP contribution in [0.3, 0.4) is 0 Å².